The summed E-state index contributed by atoms with van der Waals surface area (Å²) in [5.74, 6) is -3.81. The third kappa shape index (κ3) is 3.80. The minimum atomic E-state index is -2.07. The second-order valence-electron chi connectivity index (χ2n) is 3.28. The molecule has 84 valence electrons. The Bertz CT molecular complexity index is 319. The lowest BCUT2D eigenvalue weighted by molar-refractivity contribution is -0.177. The van der Waals surface area contributed by atoms with Crippen molar-refractivity contribution in [3.8, 4) is 0 Å². The van der Waals surface area contributed by atoms with Crippen LogP contribution in [0.5, 0.6) is 0 Å². The molecule has 0 fully saturated rings. The van der Waals surface area contributed by atoms with Crippen LogP contribution in [-0.2, 0) is 19.1 Å². The van der Waals surface area contributed by atoms with E-state index in [1.807, 2.05) is 0 Å². The van der Waals surface area contributed by atoms with Crippen LogP contribution in [0, 0.1) is 0 Å². The van der Waals surface area contributed by atoms with E-state index in [0.717, 1.165) is 6.92 Å². The van der Waals surface area contributed by atoms with Gasteiger partial charge in [-0.1, -0.05) is 6.58 Å². The summed E-state index contributed by atoms with van der Waals surface area (Å²) in [7, 11) is 0. The van der Waals surface area contributed by atoms with Crippen LogP contribution in [0.15, 0.2) is 12.2 Å². The molecule has 6 nitrogen and oxygen atoms in total. The standard InChI is InChI=1S/C9H12O6/c1-5(2)7(12)15-9(3,8(13)14)4-6(10)11/h1,4H2,2-3H3,(H,10,11)(H,13,14). The van der Waals surface area contributed by atoms with Crippen molar-refractivity contribution in [1.82, 2.24) is 0 Å². The van der Waals surface area contributed by atoms with Crippen LogP contribution in [0.3, 0.4) is 0 Å². The number of ether oxygens (including phenoxy) is 1. The number of rotatable bonds is 5. The number of esters is 1. The van der Waals surface area contributed by atoms with E-state index in [4.69, 9.17) is 10.2 Å². The highest BCUT2D eigenvalue weighted by Gasteiger charge is 2.40. The van der Waals surface area contributed by atoms with Crippen LogP contribution >= 0.6 is 0 Å². The Hall–Kier alpha value is -1.85. The Morgan fingerprint density at radius 2 is 1.80 bits per heavy atom. The molecule has 0 aromatic heterocycles. The molecule has 0 bridgehead atoms. The quantitative estimate of drug-likeness (QED) is 0.510. The van der Waals surface area contributed by atoms with Gasteiger partial charge < -0.3 is 14.9 Å². The molecule has 0 aromatic rings. The highest BCUT2D eigenvalue weighted by atomic mass is 16.6. The molecule has 1 unspecified atom stereocenters. The Labute approximate surface area is 86.2 Å². The number of hydrogen-bond acceptors (Lipinski definition) is 4. The van der Waals surface area contributed by atoms with E-state index in [1.165, 1.54) is 6.92 Å². The van der Waals surface area contributed by atoms with Gasteiger partial charge in [-0.05, 0) is 13.8 Å². The molecule has 0 heterocycles. The molecule has 0 saturated heterocycles. The Balaban J connectivity index is 4.81. The molecule has 0 aliphatic rings. The topological polar surface area (TPSA) is 101 Å². The Morgan fingerprint density at radius 3 is 2.07 bits per heavy atom. The van der Waals surface area contributed by atoms with Crippen molar-refractivity contribution in [2.24, 2.45) is 0 Å². The maximum Gasteiger partial charge on any atom is 0.348 e. The summed E-state index contributed by atoms with van der Waals surface area (Å²) >= 11 is 0. The summed E-state index contributed by atoms with van der Waals surface area (Å²) in [4.78, 5) is 32.2. The monoisotopic (exact) mass is 216 g/mol. The minimum Gasteiger partial charge on any atom is -0.481 e. The molecule has 0 aliphatic heterocycles. The van der Waals surface area contributed by atoms with Crippen molar-refractivity contribution in [3.63, 3.8) is 0 Å². The smallest absolute Gasteiger partial charge is 0.348 e. The van der Waals surface area contributed by atoms with E-state index in [0.29, 0.717) is 0 Å². The zero-order valence-corrected chi connectivity index (χ0v) is 8.44. The zero-order valence-electron chi connectivity index (χ0n) is 8.44. The SMILES string of the molecule is C=C(C)C(=O)OC(C)(CC(=O)O)C(=O)O. The van der Waals surface area contributed by atoms with Gasteiger partial charge in [-0.3, -0.25) is 4.79 Å². The van der Waals surface area contributed by atoms with Gasteiger partial charge in [0.15, 0.2) is 0 Å². The second-order valence-corrected chi connectivity index (χ2v) is 3.28. The van der Waals surface area contributed by atoms with Gasteiger partial charge in [-0.2, -0.15) is 0 Å². The van der Waals surface area contributed by atoms with Gasteiger partial charge in [0.25, 0.3) is 0 Å². The van der Waals surface area contributed by atoms with Gasteiger partial charge in [0, 0.05) is 5.57 Å². The van der Waals surface area contributed by atoms with Crippen molar-refractivity contribution >= 4 is 17.9 Å². The molecule has 0 radical (unpaired) electrons. The fourth-order valence-corrected chi connectivity index (χ4v) is 0.736. The molecular weight excluding hydrogens is 204 g/mol. The third-order valence-electron chi connectivity index (χ3n) is 1.61. The summed E-state index contributed by atoms with van der Waals surface area (Å²) in [5.41, 5.74) is -2.06. The number of carboxylic acid groups (broad SMARTS) is 2. The van der Waals surface area contributed by atoms with Crippen molar-refractivity contribution in [3.05, 3.63) is 12.2 Å². The van der Waals surface area contributed by atoms with Crippen molar-refractivity contribution in [2.45, 2.75) is 25.9 Å². The van der Waals surface area contributed by atoms with Gasteiger partial charge in [0.05, 0.1) is 6.42 Å². The highest BCUT2D eigenvalue weighted by molar-refractivity contribution is 5.92. The average molecular weight is 216 g/mol. The molecule has 6 heteroatoms. The van der Waals surface area contributed by atoms with E-state index < -0.39 is 29.9 Å². The molecule has 1 atom stereocenters. The number of hydrogen-bond donors (Lipinski definition) is 2. The molecule has 0 amide bonds. The lowest BCUT2D eigenvalue weighted by atomic mass is 10.0. The van der Waals surface area contributed by atoms with Gasteiger partial charge >= 0.3 is 17.9 Å². The highest BCUT2D eigenvalue weighted by Crippen LogP contribution is 2.17. The van der Waals surface area contributed by atoms with Crippen LogP contribution in [0.2, 0.25) is 0 Å². The first-order chi connectivity index (χ1) is 6.69. The van der Waals surface area contributed by atoms with Gasteiger partial charge in [-0.15, -0.1) is 0 Å². The van der Waals surface area contributed by atoms with Crippen LogP contribution in [-0.4, -0.2) is 33.7 Å². The van der Waals surface area contributed by atoms with E-state index >= 15 is 0 Å². The predicted octanol–water partition coefficient (Wildman–Crippen LogP) is 0.424. The first kappa shape index (κ1) is 13.2. The normalized spacial score (nSPS) is 13.7. The number of carbonyl (C=O) groups excluding carboxylic acids is 1. The van der Waals surface area contributed by atoms with E-state index in [9.17, 15) is 14.4 Å². The maximum atomic E-state index is 11.1. The lowest BCUT2D eigenvalue weighted by Crippen LogP contribution is -2.42. The summed E-state index contributed by atoms with van der Waals surface area (Å²) in [6.07, 6.45) is -0.804. The Kier molecular flexibility index (Phi) is 4.02. The van der Waals surface area contributed by atoms with Crippen LogP contribution < -0.4 is 0 Å². The number of aliphatic carboxylic acids is 2. The van der Waals surface area contributed by atoms with Crippen molar-refractivity contribution < 1.29 is 29.3 Å². The van der Waals surface area contributed by atoms with Gasteiger partial charge in [0.2, 0.25) is 5.60 Å². The third-order valence-corrected chi connectivity index (χ3v) is 1.61. The first-order valence-electron chi connectivity index (χ1n) is 4.03. The van der Waals surface area contributed by atoms with E-state index in [1.54, 1.807) is 0 Å². The molecular formula is C9H12O6. The second kappa shape index (κ2) is 4.59. The number of carboxylic acids is 2. The number of carbonyl (C=O) groups is 3. The first-order valence-corrected chi connectivity index (χ1v) is 4.03. The molecule has 0 aliphatic carbocycles. The molecule has 0 spiro atoms. The maximum absolute atomic E-state index is 11.1. The van der Waals surface area contributed by atoms with Crippen LogP contribution in [0.25, 0.3) is 0 Å². The van der Waals surface area contributed by atoms with Gasteiger partial charge in [0.1, 0.15) is 0 Å². The molecule has 0 aromatic carbocycles. The molecule has 15 heavy (non-hydrogen) atoms. The fourth-order valence-electron chi connectivity index (χ4n) is 0.736. The van der Waals surface area contributed by atoms with Crippen molar-refractivity contribution in [2.75, 3.05) is 0 Å². The molecule has 2 N–H and O–H groups in total. The summed E-state index contributed by atoms with van der Waals surface area (Å²) in [6, 6.07) is 0. The summed E-state index contributed by atoms with van der Waals surface area (Å²) in [6.45, 7) is 5.62. The van der Waals surface area contributed by atoms with Crippen LogP contribution in [0.1, 0.15) is 20.3 Å². The van der Waals surface area contributed by atoms with Gasteiger partial charge in [-0.25, -0.2) is 9.59 Å². The predicted molar refractivity (Wildman–Crippen MR) is 49.2 cm³/mol. The van der Waals surface area contributed by atoms with Crippen LogP contribution in [0.4, 0.5) is 0 Å². The summed E-state index contributed by atoms with van der Waals surface area (Å²) < 4.78 is 4.55. The molecule has 0 rings (SSSR count). The summed E-state index contributed by atoms with van der Waals surface area (Å²) in [5, 5.41) is 17.2. The zero-order chi connectivity index (χ0) is 12.2. The van der Waals surface area contributed by atoms with E-state index in [-0.39, 0.29) is 5.57 Å². The lowest BCUT2D eigenvalue weighted by Gasteiger charge is -2.23. The fraction of sp³-hybridized carbons (Fsp3) is 0.444. The average Bonchev–Trinajstić information content (AvgIpc) is 2.01. The van der Waals surface area contributed by atoms with E-state index in [2.05, 4.69) is 11.3 Å². The largest absolute Gasteiger partial charge is 0.481 e. The van der Waals surface area contributed by atoms with Crippen molar-refractivity contribution in [1.29, 1.82) is 0 Å². The Morgan fingerprint density at radius 1 is 1.33 bits per heavy atom. The molecule has 0 saturated carbocycles. The minimum absolute atomic E-state index is 0.00728.